The van der Waals surface area contributed by atoms with Gasteiger partial charge in [0, 0.05) is 44.2 Å². The monoisotopic (exact) mass is 447 g/mol. The lowest BCUT2D eigenvalue weighted by molar-refractivity contribution is -0.136. The van der Waals surface area contributed by atoms with Crippen molar-refractivity contribution in [1.29, 1.82) is 0 Å². The lowest BCUT2D eigenvalue weighted by Crippen LogP contribution is -2.50. The van der Waals surface area contributed by atoms with Crippen molar-refractivity contribution >= 4 is 11.8 Å². The summed E-state index contributed by atoms with van der Waals surface area (Å²) in [5, 5.41) is 0. The van der Waals surface area contributed by atoms with Crippen LogP contribution in [0, 0.1) is 5.92 Å². The third-order valence-corrected chi connectivity index (χ3v) is 7.39. The average molecular weight is 448 g/mol. The molecule has 2 amide bonds. The van der Waals surface area contributed by atoms with Crippen molar-refractivity contribution in [1.82, 2.24) is 14.7 Å². The molecule has 4 rings (SSSR count). The van der Waals surface area contributed by atoms with E-state index in [2.05, 4.69) is 36.1 Å². The van der Waals surface area contributed by atoms with Crippen molar-refractivity contribution in [3.05, 3.63) is 71.3 Å². The molecule has 0 spiro atoms. The fourth-order valence-electron chi connectivity index (χ4n) is 5.26. The van der Waals surface area contributed by atoms with Gasteiger partial charge in [0.25, 0.3) is 5.91 Å². The van der Waals surface area contributed by atoms with Gasteiger partial charge in [0.1, 0.15) is 0 Å². The Bertz CT molecular complexity index is 912. The third kappa shape index (κ3) is 5.83. The normalized spacial score (nSPS) is 18.3. The van der Waals surface area contributed by atoms with E-state index >= 15 is 0 Å². The fraction of sp³-hybridized carbons (Fsp3) is 0.500. The van der Waals surface area contributed by atoms with Crippen LogP contribution in [0.2, 0.25) is 0 Å². The Morgan fingerprint density at radius 3 is 2.09 bits per heavy atom. The molecule has 0 aliphatic carbocycles. The Morgan fingerprint density at radius 1 is 0.848 bits per heavy atom. The minimum atomic E-state index is 0.128. The molecule has 2 heterocycles. The maximum Gasteiger partial charge on any atom is 0.253 e. The van der Waals surface area contributed by atoms with Crippen molar-refractivity contribution in [2.24, 2.45) is 5.92 Å². The van der Waals surface area contributed by atoms with E-state index < -0.39 is 0 Å². The number of amides is 2. The van der Waals surface area contributed by atoms with Gasteiger partial charge in [-0.25, -0.2) is 0 Å². The maximum atomic E-state index is 12.9. The molecule has 2 aliphatic heterocycles. The quantitative estimate of drug-likeness (QED) is 0.666. The van der Waals surface area contributed by atoms with Crippen LogP contribution in [0.25, 0.3) is 0 Å². The topological polar surface area (TPSA) is 43.9 Å². The SMILES string of the molecule is CCc1ccc(C(=O)N2CCC(N3CCC(C(=O)N(C)Cc4ccccc4)CC3)CC2)cc1. The van der Waals surface area contributed by atoms with Crippen molar-refractivity contribution < 1.29 is 9.59 Å². The Kier molecular flexibility index (Phi) is 7.81. The molecule has 2 fully saturated rings. The van der Waals surface area contributed by atoms with Crippen LogP contribution in [-0.2, 0) is 17.8 Å². The number of rotatable bonds is 6. The van der Waals surface area contributed by atoms with Crippen LogP contribution in [0.5, 0.6) is 0 Å². The van der Waals surface area contributed by atoms with Gasteiger partial charge in [-0.15, -0.1) is 0 Å². The number of benzene rings is 2. The largest absolute Gasteiger partial charge is 0.341 e. The van der Waals surface area contributed by atoms with E-state index in [1.807, 2.05) is 47.2 Å². The molecule has 2 aromatic carbocycles. The van der Waals surface area contributed by atoms with E-state index in [1.165, 1.54) is 11.1 Å². The van der Waals surface area contributed by atoms with Crippen LogP contribution >= 0.6 is 0 Å². The second-order valence-corrected chi connectivity index (χ2v) is 9.56. The van der Waals surface area contributed by atoms with E-state index in [0.29, 0.717) is 12.6 Å². The van der Waals surface area contributed by atoms with E-state index in [9.17, 15) is 9.59 Å². The first-order valence-electron chi connectivity index (χ1n) is 12.5. The summed E-state index contributed by atoms with van der Waals surface area (Å²) in [6.07, 6.45) is 4.89. The number of likely N-dealkylation sites (tertiary alicyclic amines) is 2. The molecular weight excluding hydrogens is 410 g/mol. The first-order valence-corrected chi connectivity index (χ1v) is 12.5. The fourth-order valence-corrected chi connectivity index (χ4v) is 5.26. The molecule has 2 aromatic rings. The molecule has 5 heteroatoms. The number of piperidine rings is 2. The highest BCUT2D eigenvalue weighted by Gasteiger charge is 2.32. The number of nitrogens with zero attached hydrogens (tertiary/aromatic N) is 3. The van der Waals surface area contributed by atoms with E-state index in [-0.39, 0.29) is 17.7 Å². The third-order valence-electron chi connectivity index (χ3n) is 7.39. The van der Waals surface area contributed by atoms with Gasteiger partial charge in [-0.05, 0) is 68.5 Å². The Balaban J connectivity index is 1.22. The highest BCUT2D eigenvalue weighted by Crippen LogP contribution is 2.26. The van der Waals surface area contributed by atoms with Gasteiger partial charge in [-0.2, -0.15) is 0 Å². The first kappa shape index (κ1) is 23.5. The van der Waals surface area contributed by atoms with Crippen LogP contribution in [0.15, 0.2) is 54.6 Å². The summed E-state index contributed by atoms with van der Waals surface area (Å²) in [6, 6.07) is 18.8. The zero-order chi connectivity index (χ0) is 23.2. The van der Waals surface area contributed by atoms with Crippen LogP contribution in [0.3, 0.4) is 0 Å². The van der Waals surface area contributed by atoms with Crippen LogP contribution in [0.1, 0.15) is 54.1 Å². The van der Waals surface area contributed by atoms with Crippen LogP contribution in [0.4, 0.5) is 0 Å². The molecule has 0 radical (unpaired) electrons. The molecule has 0 bridgehead atoms. The molecule has 0 unspecified atom stereocenters. The average Bonchev–Trinajstić information content (AvgIpc) is 2.88. The molecular formula is C28H37N3O2. The predicted octanol–water partition coefficient (Wildman–Crippen LogP) is 4.22. The molecule has 2 aliphatic rings. The Morgan fingerprint density at radius 2 is 1.48 bits per heavy atom. The molecule has 2 saturated heterocycles. The van der Waals surface area contributed by atoms with E-state index in [4.69, 9.17) is 0 Å². The standard InChI is InChI=1S/C28H37N3O2/c1-3-22-9-11-24(12-10-22)28(33)31-19-15-26(16-20-31)30-17-13-25(14-18-30)27(32)29(2)21-23-7-5-4-6-8-23/h4-12,25-26H,3,13-21H2,1-2H3. The van der Waals surface area contributed by atoms with Gasteiger partial charge in [0.05, 0.1) is 0 Å². The van der Waals surface area contributed by atoms with Crippen molar-refractivity contribution in [3.8, 4) is 0 Å². The maximum absolute atomic E-state index is 12.9. The van der Waals surface area contributed by atoms with Crippen molar-refractivity contribution in [2.75, 3.05) is 33.2 Å². The summed E-state index contributed by atoms with van der Waals surface area (Å²) >= 11 is 0. The number of carbonyl (C=O) groups is 2. The van der Waals surface area contributed by atoms with Crippen molar-refractivity contribution in [2.45, 2.75) is 51.6 Å². The summed E-state index contributed by atoms with van der Waals surface area (Å²) in [7, 11) is 1.92. The van der Waals surface area contributed by atoms with Gasteiger partial charge in [0.2, 0.25) is 5.91 Å². The Labute approximate surface area is 198 Å². The molecule has 0 N–H and O–H groups in total. The zero-order valence-electron chi connectivity index (χ0n) is 20.1. The second-order valence-electron chi connectivity index (χ2n) is 9.56. The van der Waals surface area contributed by atoms with E-state index in [1.54, 1.807) is 0 Å². The number of carbonyl (C=O) groups excluding carboxylic acids is 2. The van der Waals surface area contributed by atoms with Gasteiger partial charge in [0.15, 0.2) is 0 Å². The van der Waals surface area contributed by atoms with Gasteiger partial charge in [-0.3, -0.25) is 9.59 Å². The molecule has 0 atom stereocenters. The summed E-state index contributed by atoms with van der Waals surface area (Å²) in [4.78, 5) is 32.2. The van der Waals surface area contributed by atoms with Crippen LogP contribution < -0.4 is 0 Å². The second kappa shape index (κ2) is 11.0. The number of aryl methyl sites for hydroxylation is 1. The van der Waals surface area contributed by atoms with Gasteiger partial charge < -0.3 is 14.7 Å². The lowest BCUT2D eigenvalue weighted by Gasteiger charge is -2.42. The summed E-state index contributed by atoms with van der Waals surface area (Å²) < 4.78 is 0. The minimum absolute atomic E-state index is 0.128. The van der Waals surface area contributed by atoms with Crippen LogP contribution in [-0.4, -0.2) is 65.8 Å². The Hall–Kier alpha value is -2.66. The smallest absolute Gasteiger partial charge is 0.253 e. The van der Waals surface area contributed by atoms with E-state index in [0.717, 1.165) is 63.8 Å². The predicted molar refractivity (Wildman–Crippen MR) is 132 cm³/mol. The highest BCUT2D eigenvalue weighted by atomic mass is 16.2. The molecule has 0 aromatic heterocycles. The number of hydrogen-bond donors (Lipinski definition) is 0. The molecule has 176 valence electrons. The summed E-state index contributed by atoms with van der Waals surface area (Å²) in [6.45, 7) is 6.39. The lowest BCUT2D eigenvalue weighted by atomic mass is 9.92. The molecule has 5 nitrogen and oxygen atoms in total. The zero-order valence-corrected chi connectivity index (χ0v) is 20.1. The van der Waals surface area contributed by atoms with Gasteiger partial charge >= 0.3 is 0 Å². The number of hydrogen-bond acceptors (Lipinski definition) is 3. The minimum Gasteiger partial charge on any atom is -0.341 e. The molecule has 33 heavy (non-hydrogen) atoms. The summed E-state index contributed by atoms with van der Waals surface area (Å²) in [5.74, 6) is 0.553. The summed E-state index contributed by atoms with van der Waals surface area (Å²) in [5.41, 5.74) is 3.23. The van der Waals surface area contributed by atoms with Crippen molar-refractivity contribution in [3.63, 3.8) is 0 Å². The highest BCUT2D eigenvalue weighted by molar-refractivity contribution is 5.94. The molecule has 0 saturated carbocycles. The first-order chi connectivity index (χ1) is 16.0. The van der Waals surface area contributed by atoms with Gasteiger partial charge in [-0.1, -0.05) is 49.4 Å².